The van der Waals surface area contributed by atoms with Crippen LogP contribution >= 0.6 is 15.9 Å². The minimum atomic E-state index is -1.22. The van der Waals surface area contributed by atoms with Crippen LogP contribution in [0.25, 0.3) is 0 Å². The molecule has 0 heterocycles. The molecule has 0 spiro atoms. The summed E-state index contributed by atoms with van der Waals surface area (Å²) >= 11 is 3.23. The van der Waals surface area contributed by atoms with Crippen LogP contribution in [0.15, 0.2) is 40.9 Å². The van der Waals surface area contributed by atoms with Gasteiger partial charge in [0.1, 0.15) is 29.6 Å². The Kier molecular flexibility index (Phi) is 4.34. The lowest BCUT2D eigenvalue weighted by molar-refractivity contribution is 0.0691. The van der Waals surface area contributed by atoms with Crippen molar-refractivity contribution in [1.29, 1.82) is 0 Å². The maximum Gasteiger partial charge on any atom is 0.339 e. The molecule has 0 aliphatic rings. The van der Waals surface area contributed by atoms with Crippen molar-refractivity contribution in [3.8, 4) is 5.75 Å². The molecule has 2 rings (SSSR count). The number of rotatable bonds is 4. The summed E-state index contributed by atoms with van der Waals surface area (Å²) in [6, 6.07) is 7.18. The van der Waals surface area contributed by atoms with E-state index < -0.39 is 17.6 Å². The quantitative estimate of drug-likeness (QED) is 0.913. The normalized spacial score (nSPS) is 10.3. The van der Waals surface area contributed by atoms with Gasteiger partial charge < -0.3 is 9.84 Å². The van der Waals surface area contributed by atoms with Gasteiger partial charge in [-0.15, -0.1) is 0 Å². The van der Waals surface area contributed by atoms with Crippen molar-refractivity contribution in [1.82, 2.24) is 0 Å². The Morgan fingerprint density at radius 2 is 1.80 bits per heavy atom. The summed E-state index contributed by atoms with van der Waals surface area (Å²) in [5.41, 5.74) is 0.338. The van der Waals surface area contributed by atoms with Crippen LogP contribution in [-0.2, 0) is 6.61 Å². The summed E-state index contributed by atoms with van der Waals surface area (Å²) < 4.78 is 32.2. The van der Waals surface area contributed by atoms with E-state index >= 15 is 0 Å². The fourth-order valence-electron chi connectivity index (χ4n) is 1.60. The minimum Gasteiger partial charge on any atom is -0.488 e. The summed E-state index contributed by atoms with van der Waals surface area (Å²) in [4.78, 5) is 11.0. The van der Waals surface area contributed by atoms with E-state index in [-0.39, 0.29) is 17.9 Å². The second kappa shape index (κ2) is 6.00. The van der Waals surface area contributed by atoms with Crippen LogP contribution in [0, 0.1) is 11.6 Å². The Morgan fingerprint density at radius 3 is 2.50 bits per heavy atom. The summed E-state index contributed by atoms with van der Waals surface area (Å²) in [6.07, 6.45) is 0. The second-order valence-electron chi connectivity index (χ2n) is 3.97. The van der Waals surface area contributed by atoms with Crippen molar-refractivity contribution in [3.05, 3.63) is 63.6 Å². The molecule has 0 unspecified atom stereocenters. The zero-order valence-electron chi connectivity index (χ0n) is 10.1. The van der Waals surface area contributed by atoms with Crippen molar-refractivity contribution in [3.63, 3.8) is 0 Å². The van der Waals surface area contributed by atoms with E-state index in [0.717, 1.165) is 18.2 Å². The van der Waals surface area contributed by atoms with Crippen LogP contribution in [0.1, 0.15) is 15.9 Å². The number of carboxylic acid groups (broad SMARTS) is 1. The molecule has 0 radical (unpaired) electrons. The first-order valence-corrected chi connectivity index (χ1v) is 6.36. The molecule has 0 aliphatic heterocycles. The summed E-state index contributed by atoms with van der Waals surface area (Å²) in [5.74, 6) is -2.38. The molecule has 3 nitrogen and oxygen atoms in total. The van der Waals surface area contributed by atoms with Crippen LogP contribution < -0.4 is 4.74 Å². The van der Waals surface area contributed by atoms with E-state index in [2.05, 4.69) is 15.9 Å². The Balaban J connectivity index is 2.24. The van der Waals surface area contributed by atoms with E-state index in [0.29, 0.717) is 10.0 Å². The molecule has 0 fully saturated rings. The average molecular weight is 343 g/mol. The van der Waals surface area contributed by atoms with Gasteiger partial charge in [-0.05, 0) is 30.3 Å². The van der Waals surface area contributed by atoms with Gasteiger partial charge >= 0.3 is 5.97 Å². The molecule has 0 saturated carbocycles. The zero-order valence-corrected chi connectivity index (χ0v) is 11.7. The number of benzene rings is 2. The standard InChI is InChI=1S/C14H9BrF2O3/c15-12-4-2-9(16)5-8(12)7-20-13-6-10(17)1-3-11(13)14(18)19/h1-6H,7H2,(H,18,19). The van der Waals surface area contributed by atoms with E-state index in [9.17, 15) is 13.6 Å². The van der Waals surface area contributed by atoms with Crippen LogP contribution in [-0.4, -0.2) is 11.1 Å². The molecule has 0 atom stereocenters. The Labute approximate surface area is 121 Å². The van der Waals surface area contributed by atoms with Crippen molar-refractivity contribution >= 4 is 21.9 Å². The summed E-state index contributed by atoms with van der Waals surface area (Å²) in [7, 11) is 0. The highest BCUT2D eigenvalue weighted by Crippen LogP contribution is 2.24. The van der Waals surface area contributed by atoms with Crippen molar-refractivity contribution in [2.45, 2.75) is 6.61 Å². The number of hydrogen-bond donors (Lipinski definition) is 1. The highest BCUT2D eigenvalue weighted by atomic mass is 79.9. The minimum absolute atomic E-state index is 0.0813. The molecule has 0 aliphatic carbocycles. The van der Waals surface area contributed by atoms with E-state index in [1.165, 1.54) is 18.2 Å². The molecule has 20 heavy (non-hydrogen) atoms. The predicted octanol–water partition coefficient (Wildman–Crippen LogP) is 4.00. The number of hydrogen-bond acceptors (Lipinski definition) is 2. The molecule has 0 bridgehead atoms. The van der Waals surface area contributed by atoms with Crippen LogP contribution in [0.3, 0.4) is 0 Å². The average Bonchev–Trinajstić information content (AvgIpc) is 2.39. The fraction of sp³-hybridized carbons (Fsp3) is 0.0714. The number of carbonyl (C=O) groups is 1. The third-order valence-electron chi connectivity index (χ3n) is 2.57. The van der Waals surface area contributed by atoms with E-state index in [4.69, 9.17) is 9.84 Å². The Hall–Kier alpha value is -1.95. The molecule has 2 aromatic rings. The lowest BCUT2D eigenvalue weighted by atomic mass is 10.2. The molecule has 0 amide bonds. The molecule has 0 aromatic heterocycles. The maximum absolute atomic E-state index is 13.1. The lowest BCUT2D eigenvalue weighted by Crippen LogP contribution is -2.04. The first-order valence-electron chi connectivity index (χ1n) is 5.57. The van der Waals surface area contributed by atoms with Crippen molar-refractivity contribution in [2.24, 2.45) is 0 Å². The number of carboxylic acids is 1. The molecule has 104 valence electrons. The molecular weight excluding hydrogens is 334 g/mol. The number of ether oxygens (including phenoxy) is 1. The van der Waals surface area contributed by atoms with Gasteiger partial charge in [0.05, 0.1) is 0 Å². The van der Waals surface area contributed by atoms with Crippen molar-refractivity contribution in [2.75, 3.05) is 0 Å². The van der Waals surface area contributed by atoms with Gasteiger partial charge in [-0.2, -0.15) is 0 Å². The monoisotopic (exact) mass is 342 g/mol. The summed E-state index contributed by atoms with van der Waals surface area (Å²) in [6.45, 7) is -0.0813. The van der Waals surface area contributed by atoms with Gasteiger partial charge in [-0.1, -0.05) is 15.9 Å². The third-order valence-corrected chi connectivity index (χ3v) is 3.34. The Bertz CT molecular complexity index is 659. The van der Waals surface area contributed by atoms with Crippen LogP contribution in [0.4, 0.5) is 8.78 Å². The second-order valence-corrected chi connectivity index (χ2v) is 4.82. The van der Waals surface area contributed by atoms with Crippen LogP contribution in [0.2, 0.25) is 0 Å². The van der Waals surface area contributed by atoms with Gasteiger partial charge in [-0.25, -0.2) is 13.6 Å². The fourth-order valence-corrected chi connectivity index (χ4v) is 1.96. The van der Waals surface area contributed by atoms with Gasteiger partial charge in [0.25, 0.3) is 0 Å². The number of aromatic carboxylic acids is 1. The van der Waals surface area contributed by atoms with E-state index in [1.807, 2.05) is 0 Å². The molecular formula is C14H9BrF2O3. The van der Waals surface area contributed by atoms with Crippen molar-refractivity contribution < 1.29 is 23.4 Å². The number of halogens is 3. The smallest absolute Gasteiger partial charge is 0.339 e. The largest absolute Gasteiger partial charge is 0.488 e. The van der Waals surface area contributed by atoms with Crippen LogP contribution in [0.5, 0.6) is 5.75 Å². The first-order chi connectivity index (χ1) is 9.47. The Morgan fingerprint density at radius 1 is 1.15 bits per heavy atom. The van der Waals surface area contributed by atoms with Gasteiger partial charge in [0, 0.05) is 16.1 Å². The molecule has 1 N–H and O–H groups in total. The van der Waals surface area contributed by atoms with Gasteiger partial charge in [0.2, 0.25) is 0 Å². The summed E-state index contributed by atoms with van der Waals surface area (Å²) in [5, 5.41) is 8.98. The predicted molar refractivity (Wildman–Crippen MR) is 71.8 cm³/mol. The highest BCUT2D eigenvalue weighted by molar-refractivity contribution is 9.10. The first kappa shape index (κ1) is 14.5. The van der Waals surface area contributed by atoms with Gasteiger partial charge in [-0.3, -0.25) is 0 Å². The highest BCUT2D eigenvalue weighted by Gasteiger charge is 2.13. The zero-order chi connectivity index (χ0) is 14.7. The third kappa shape index (κ3) is 3.33. The molecule has 2 aromatic carbocycles. The van der Waals surface area contributed by atoms with Gasteiger partial charge in [0.15, 0.2) is 0 Å². The lowest BCUT2D eigenvalue weighted by Gasteiger charge is -2.10. The topological polar surface area (TPSA) is 46.5 Å². The molecule has 6 heteroatoms. The molecule has 0 saturated heterocycles. The SMILES string of the molecule is O=C(O)c1ccc(F)cc1OCc1cc(F)ccc1Br. The maximum atomic E-state index is 13.1. The van der Waals surface area contributed by atoms with E-state index in [1.54, 1.807) is 0 Å².